The molecular formula is C17H27Cl2IN6O. The summed E-state index contributed by atoms with van der Waals surface area (Å²) in [5.41, 5.74) is 0. The Labute approximate surface area is 187 Å². The molecule has 152 valence electrons. The molecule has 2 rings (SSSR count). The number of carbonyl (C=O) groups is 1. The summed E-state index contributed by atoms with van der Waals surface area (Å²) in [4.78, 5) is 22.4. The summed E-state index contributed by atoms with van der Waals surface area (Å²) in [7, 11) is 0. The first-order valence-corrected chi connectivity index (χ1v) is 9.66. The van der Waals surface area contributed by atoms with E-state index in [0.29, 0.717) is 35.4 Å². The molecule has 0 spiro atoms. The average molecular weight is 529 g/mol. The van der Waals surface area contributed by atoms with Crippen LogP contribution >= 0.6 is 47.2 Å². The van der Waals surface area contributed by atoms with Crippen LogP contribution in [0.5, 0.6) is 0 Å². The largest absolute Gasteiger partial charge is 0.367 e. The van der Waals surface area contributed by atoms with Crippen molar-refractivity contribution in [3.05, 3.63) is 22.3 Å². The number of hydrogen-bond donors (Lipinski definition) is 3. The first-order valence-electron chi connectivity index (χ1n) is 8.91. The predicted octanol–water partition coefficient (Wildman–Crippen LogP) is 2.98. The van der Waals surface area contributed by atoms with Crippen molar-refractivity contribution in [2.75, 3.05) is 38.0 Å². The Morgan fingerprint density at radius 1 is 1.41 bits per heavy atom. The van der Waals surface area contributed by atoms with E-state index in [4.69, 9.17) is 23.2 Å². The van der Waals surface area contributed by atoms with E-state index in [2.05, 4.69) is 25.9 Å². The van der Waals surface area contributed by atoms with Crippen LogP contribution < -0.4 is 16.0 Å². The molecule has 1 atom stereocenters. The monoisotopic (exact) mass is 528 g/mol. The molecule has 0 bridgehead atoms. The molecule has 7 nitrogen and oxygen atoms in total. The number of nitrogens with one attached hydrogen (secondary N) is 3. The second kappa shape index (κ2) is 12.5. The highest BCUT2D eigenvalue weighted by Crippen LogP contribution is 2.22. The quantitative estimate of drug-likeness (QED) is 0.219. The molecular weight excluding hydrogens is 502 g/mol. The number of rotatable bonds is 7. The zero-order valence-corrected chi connectivity index (χ0v) is 19.4. The number of anilines is 1. The SMILES string of the molecule is CCNC(=NCCNc1ncc(Cl)cc1Cl)NC1CCN(C(=O)CC)C1.I. The van der Waals surface area contributed by atoms with Gasteiger partial charge in [-0.3, -0.25) is 9.79 Å². The standard InChI is InChI=1S/C17H26Cl2N6O.HI/c1-3-15(26)25-8-5-13(11-25)24-17(20-4-2)22-7-6-21-16-14(19)9-12(18)10-23-16;/h9-10,13H,3-8,11H2,1-2H3,(H,21,23)(H2,20,22,24);1H. The zero-order valence-electron chi connectivity index (χ0n) is 15.6. The number of pyridine rings is 1. The van der Waals surface area contributed by atoms with Gasteiger partial charge in [-0.1, -0.05) is 30.1 Å². The lowest BCUT2D eigenvalue weighted by Gasteiger charge is -2.18. The highest BCUT2D eigenvalue weighted by atomic mass is 127. The van der Waals surface area contributed by atoms with Gasteiger partial charge >= 0.3 is 0 Å². The fourth-order valence-corrected chi connectivity index (χ4v) is 3.18. The third kappa shape index (κ3) is 7.87. The third-order valence-electron chi connectivity index (χ3n) is 4.01. The molecule has 1 amide bonds. The summed E-state index contributed by atoms with van der Waals surface area (Å²) in [6.07, 6.45) is 3.03. The minimum absolute atomic E-state index is 0. The van der Waals surface area contributed by atoms with E-state index in [1.54, 1.807) is 12.3 Å². The Balaban J connectivity index is 0.00000364. The van der Waals surface area contributed by atoms with Gasteiger partial charge in [0, 0.05) is 44.8 Å². The van der Waals surface area contributed by atoms with Crippen LogP contribution in [0.25, 0.3) is 0 Å². The third-order valence-corrected chi connectivity index (χ3v) is 4.51. The number of likely N-dealkylation sites (tertiary alicyclic amines) is 1. The Morgan fingerprint density at radius 3 is 2.85 bits per heavy atom. The van der Waals surface area contributed by atoms with Gasteiger partial charge in [0.2, 0.25) is 5.91 Å². The summed E-state index contributed by atoms with van der Waals surface area (Å²) >= 11 is 11.9. The number of nitrogens with zero attached hydrogens (tertiary/aromatic N) is 3. The Morgan fingerprint density at radius 2 is 2.19 bits per heavy atom. The molecule has 27 heavy (non-hydrogen) atoms. The molecule has 1 aliphatic rings. The number of aromatic nitrogens is 1. The number of halogens is 3. The van der Waals surface area contributed by atoms with E-state index < -0.39 is 0 Å². The summed E-state index contributed by atoms with van der Waals surface area (Å²) in [5.74, 6) is 1.54. The van der Waals surface area contributed by atoms with Crippen molar-refractivity contribution in [3.63, 3.8) is 0 Å². The van der Waals surface area contributed by atoms with E-state index in [9.17, 15) is 4.79 Å². The lowest BCUT2D eigenvalue weighted by atomic mass is 10.3. The Bertz CT molecular complexity index is 646. The van der Waals surface area contributed by atoms with Gasteiger partial charge in [-0.15, -0.1) is 24.0 Å². The molecule has 1 aromatic rings. The first-order chi connectivity index (χ1) is 12.5. The zero-order chi connectivity index (χ0) is 18.9. The van der Waals surface area contributed by atoms with Gasteiger partial charge in [-0.2, -0.15) is 0 Å². The van der Waals surface area contributed by atoms with Crippen molar-refractivity contribution in [1.29, 1.82) is 0 Å². The minimum atomic E-state index is 0. The van der Waals surface area contributed by atoms with Crippen molar-refractivity contribution in [2.24, 2.45) is 4.99 Å². The maximum absolute atomic E-state index is 11.8. The number of carbonyl (C=O) groups excluding carboxylic acids is 1. The van der Waals surface area contributed by atoms with Crippen LogP contribution in [0.4, 0.5) is 5.82 Å². The van der Waals surface area contributed by atoms with Gasteiger partial charge in [0.1, 0.15) is 5.82 Å². The van der Waals surface area contributed by atoms with Gasteiger partial charge in [0.15, 0.2) is 5.96 Å². The van der Waals surface area contributed by atoms with Crippen molar-refractivity contribution < 1.29 is 4.79 Å². The average Bonchev–Trinajstić information content (AvgIpc) is 3.08. The van der Waals surface area contributed by atoms with Crippen LogP contribution in [0, 0.1) is 0 Å². The molecule has 0 aromatic carbocycles. The molecule has 1 aromatic heterocycles. The predicted molar refractivity (Wildman–Crippen MR) is 123 cm³/mol. The minimum Gasteiger partial charge on any atom is -0.367 e. The van der Waals surface area contributed by atoms with Crippen molar-refractivity contribution in [2.45, 2.75) is 32.7 Å². The molecule has 3 N–H and O–H groups in total. The number of amides is 1. The molecule has 1 aliphatic heterocycles. The molecule has 0 saturated carbocycles. The lowest BCUT2D eigenvalue weighted by Crippen LogP contribution is -2.45. The maximum Gasteiger partial charge on any atom is 0.222 e. The van der Waals surface area contributed by atoms with Crippen molar-refractivity contribution in [3.8, 4) is 0 Å². The molecule has 0 aliphatic carbocycles. The van der Waals surface area contributed by atoms with Crippen LogP contribution in [-0.4, -0.2) is 60.5 Å². The highest BCUT2D eigenvalue weighted by Gasteiger charge is 2.25. The van der Waals surface area contributed by atoms with E-state index >= 15 is 0 Å². The van der Waals surface area contributed by atoms with Gasteiger partial charge in [-0.25, -0.2) is 4.98 Å². The fraction of sp³-hybridized carbons (Fsp3) is 0.588. The van der Waals surface area contributed by atoms with Crippen LogP contribution in [0.3, 0.4) is 0 Å². The van der Waals surface area contributed by atoms with E-state index in [1.807, 2.05) is 18.7 Å². The van der Waals surface area contributed by atoms with Crippen LogP contribution in [0.15, 0.2) is 17.3 Å². The topological polar surface area (TPSA) is 81.7 Å². The first kappa shape index (κ1) is 24.0. The maximum atomic E-state index is 11.8. The van der Waals surface area contributed by atoms with Crippen LogP contribution in [0.2, 0.25) is 10.0 Å². The molecule has 1 fully saturated rings. The van der Waals surface area contributed by atoms with Crippen LogP contribution in [0.1, 0.15) is 26.7 Å². The molecule has 10 heteroatoms. The number of aliphatic imine (C=N–C) groups is 1. The van der Waals surface area contributed by atoms with Crippen molar-refractivity contribution in [1.82, 2.24) is 20.5 Å². The Kier molecular flexibility index (Phi) is 11.1. The highest BCUT2D eigenvalue weighted by molar-refractivity contribution is 14.0. The normalized spacial score (nSPS) is 16.7. The van der Waals surface area contributed by atoms with Gasteiger partial charge in [-0.05, 0) is 19.4 Å². The lowest BCUT2D eigenvalue weighted by molar-refractivity contribution is -0.129. The number of guanidine groups is 1. The molecule has 1 unspecified atom stereocenters. The molecule has 0 radical (unpaired) electrons. The smallest absolute Gasteiger partial charge is 0.222 e. The van der Waals surface area contributed by atoms with Gasteiger partial charge in [0.25, 0.3) is 0 Å². The van der Waals surface area contributed by atoms with Gasteiger partial charge in [0.05, 0.1) is 16.6 Å². The van der Waals surface area contributed by atoms with Crippen molar-refractivity contribution >= 4 is 64.9 Å². The Hall–Kier alpha value is -1.000. The van der Waals surface area contributed by atoms with E-state index in [0.717, 1.165) is 32.0 Å². The summed E-state index contributed by atoms with van der Waals surface area (Å²) in [6, 6.07) is 1.88. The molecule has 1 saturated heterocycles. The molecule has 2 heterocycles. The second-order valence-electron chi connectivity index (χ2n) is 5.99. The summed E-state index contributed by atoms with van der Waals surface area (Å²) in [6.45, 7) is 7.36. The second-order valence-corrected chi connectivity index (χ2v) is 6.84. The summed E-state index contributed by atoms with van der Waals surface area (Å²) < 4.78 is 0. The van der Waals surface area contributed by atoms with Crippen LogP contribution in [-0.2, 0) is 4.79 Å². The number of hydrogen-bond acceptors (Lipinski definition) is 4. The summed E-state index contributed by atoms with van der Waals surface area (Å²) in [5, 5.41) is 10.8. The fourth-order valence-electron chi connectivity index (χ4n) is 2.73. The van der Waals surface area contributed by atoms with Gasteiger partial charge < -0.3 is 20.9 Å². The van der Waals surface area contributed by atoms with E-state index in [1.165, 1.54) is 0 Å². The van der Waals surface area contributed by atoms with E-state index in [-0.39, 0.29) is 35.9 Å².